The highest BCUT2D eigenvalue weighted by Crippen LogP contribution is 2.40. The van der Waals surface area contributed by atoms with Crippen molar-refractivity contribution in [2.75, 3.05) is 5.32 Å². The summed E-state index contributed by atoms with van der Waals surface area (Å²) in [5, 5.41) is 5.53. The van der Waals surface area contributed by atoms with Gasteiger partial charge in [0.1, 0.15) is 0 Å². The van der Waals surface area contributed by atoms with E-state index in [0.717, 1.165) is 28.0 Å². The van der Waals surface area contributed by atoms with Gasteiger partial charge in [-0.05, 0) is 40.5 Å². The Bertz CT molecular complexity index is 878. The summed E-state index contributed by atoms with van der Waals surface area (Å²) in [6, 6.07) is 18.1. The molecule has 1 N–H and O–H groups in total. The average molecular weight is 313 g/mol. The van der Waals surface area contributed by atoms with Crippen LogP contribution in [0.4, 0.5) is 18.9 Å². The maximum Gasteiger partial charge on any atom is 0.416 e. The van der Waals surface area contributed by atoms with Gasteiger partial charge in [-0.15, -0.1) is 0 Å². The fourth-order valence-electron chi connectivity index (χ4n) is 3.27. The first-order valence-corrected chi connectivity index (χ1v) is 7.47. The number of fused-ring (bicyclic) bond motifs is 2. The molecule has 1 unspecified atom stereocenters. The highest BCUT2D eigenvalue weighted by atomic mass is 19.4. The maximum atomic E-state index is 12.9. The first-order valence-electron chi connectivity index (χ1n) is 7.47. The molecule has 0 spiro atoms. The predicted octanol–water partition coefficient (Wildman–Crippen LogP) is 5.57. The van der Waals surface area contributed by atoms with Crippen LogP contribution in [0.25, 0.3) is 10.8 Å². The van der Waals surface area contributed by atoms with E-state index in [9.17, 15) is 13.2 Å². The van der Waals surface area contributed by atoms with E-state index in [2.05, 4.69) is 11.4 Å². The molecule has 4 heteroatoms. The number of hydrogen-bond acceptors (Lipinski definition) is 1. The fraction of sp³-hybridized carbons (Fsp3) is 0.158. The highest BCUT2D eigenvalue weighted by Gasteiger charge is 2.32. The second-order valence-corrected chi connectivity index (χ2v) is 5.84. The molecule has 3 aromatic carbocycles. The third kappa shape index (κ3) is 2.44. The van der Waals surface area contributed by atoms with E-state index in [-0.39, 0.29) is 6.04 Å². The Labute approximate surface area is 131 Å². The van der Waals surface area contributed by atoms with E-state index in [0.29, 0.717) is 12.1 Å². The zero-order valence-electron chi connectivity index (χ0n) is 12.2. The summed E-state index contributed by atoms with van der Waals surface area (Å²) < 4.78 is 38.6. The van der Waals surface area contributed by atoms with Crippen molar-refractivity contribution in [2.45, 2.75) is 18.6 Å². The van der Waals surface area contributed by atoms with Gasteiger partial charge in [-0.3, -0.25) is 0 Å². The molecule has 4 rings (SSSR count). The molecule has 116 valence electrons. The lowest BCUT2D eigenvalue weighted by Gasteiger charge is -2.15. The summed E-state index contributed by atoms with van der Waals surface area (Å²) in [4.78, 5) is 0. The maximum absolute atomic E-state index is 12.9. The molecule has 1 atom stereocenters. The molecule has 1 nitrogen and oxygen atoms in total. The number of rotatable bonds is 1. The lowest BCUT2D eigenvalue weighted by molar-refractivity contribution is -0.137. The van der Waals surface area contributed by atoms with Crippen LogP contribution in [0.15, 0.2) is 60.7 Å². The molecule has 0 saturated heterocycles. The zero-order chi connectivity index (χ0) is 16.0. The number of hydrogen-bond donors (Lipinski definition) is 1. The zero-order valence-corrected chi connectivity index (χ0v) is 12.2. The van der Waals surface area contributed by atoms with Gasteiger partial charge in [0, 0.05) is 5.69 Å². The summed E-state index contributed by atoms with van der Waals surface area (Å²) in [6.45, 7) is 0. The molecule has 0 radical (unpaired) electrons. The smallest absolute Gasteiger partial charge is 0.378 e. The summed E-state index contributed by atoms with van der Waals surface area (Å²) >= 11 is 0. The molecular weight excluding hydrogens is 299 g/mol. The van der Waals surface area contributed by atoms with E-state index in [1.54, 1.807) is 6.07 Å². The van der Waals surface area contributed by atoms with Gasteiger partial charge in [-0.2, -0.15) is 13.2 Å². The summed E-state index contributed by atoms with van der Waals surface area (Å²) in [6.07, 6.45) is -3.62. The minimum absolute atomic E-state index is 0.000385. The molecule has 1 heterocycles. The molecule has 0 fully saturated rings. The number of benzene rings is 3. The SMILES string of the molecule is FC(F)(F)c1ccc2c(c1)NC(c1cccc3ccccc13)C2. The third-order valence-electron chi connectivity index (χ3n) is 4.39. The number of alkyl halides is 3. The minimum Gasteiger partial charge on any atom is -0.378 e. The van der Waals surface area contributed by atoms with Crippen molar-refractivity contribution < 1.29 is 13.2 Å². The van der Waals surface area contributed by atoms with Crippen molar-refractivity contribution in [3.05, 3.63) is 77.4 Å². The molecule has 0 amide bonds. The van der Waals surface area contributed by atoms with Crippen molar-refractivity contribution in [1.29, 1.82) is 0 Å². The van der Waals surface area contributed by atoms with E-state index in [1.807, 2.05) is 36.4 Å². The van der Waals surface area contributed by atoms with Gasteiger partial charge in [0.05, 0.1) is 11.6 Å². The summed E-state index contributed by atoms with van der Waals surface area (Å²) in [5.41, 5.74) is 2.02. The average Bonchev–Trinajstić information content (AvgIpc) is 2.96. The van der Waals surface area contributed by atoms with Crippen LogP contribution < -0.4 is 5.32 Å². The van der Waals surface area contributed by atoms with Crippen LogP contribution in [0, 0.1) is 0 Å². The second-order valence-electron chi connectivity index (χ2n) is 5.84. The van der Waals surface area contributed by atoms with Crippen LogP contribution >= 0.6 is 0 Å². The Morgan fingerprint density at radius 1 is 0.913 bits per heavy atom. The van der Waals surface area contributed by atoms with Crippen LogP contribution in [0.2, 0.25) is 0 Å². The van der Waals surface area contributed by atoms with Gasteiger partial charge in [0.2, 0.25) is 0 Å². The quantitative estimate of drug-likeness (QED) is 0.619. The van der Waals surface area contributed by atoms with Crippen LogP contribution in [0.3, 0.4) is 0 Å². The lowest BCUT2D eigenvalue weighted by Crippen LogP contribution is -2.07. The molecular formula is C19H14F3N. The van der Waals surface area contributed by atoms with Gasteiger partial charge >= 0.3 is 6.18 Å². The van der Waals surface area contributed by atoms with Gasteiger partial charge < -0.3 is 5.32 Å². The van der Waals surface area contributed by atoms with Crippen LogP contribution in [-0.4, -0.2) is 0 Å². The normalized spacial score (nSPS) is 17.1. The van der Waals surface area contributed by atoms with Gasteiger partial charge in [-0.1, -0.05) is 48.5 Å². The first-order chi connectivity index (χ1) is 11.0. The van der Waals surface area contributed by atoms with Crippen molar-refractivity contribution in [1.82, 2.24) is 0 Å². The number of halogens is 3. The largest absolute Gasteiger partial charge is 0.416 e. The third-order valence-corrected chi connectivity index (χ3v) is 4.39. The summed E-state index contributed by atoms with van der Waals surface area (Å²) in [7, 11) is 0. The topological polar surface area (TPSA) is 12.0 Å². The molecule has 0 bridgehead atoms. The number of nitrogens with one attached hydrogen (secondary N) is 1. The van der Waals surface area contributed by atoms with Gasteiger partial charge in [0.25, 0.3) is 0 Å². The molecule has 23 heavy (non-hydrogen) atoms. The Morgan fingerprint density at radius 2 is 1.70 bits per heavy atom. The van der Waals surface area contributed by atoms with Gasteiger partial charge in [0.15, 0.2) is 0 Å². The first kappa shape index (κ1) is 14.1. The Balaban J connectivity index is 1.73. The van der Waals surface area contributed by atoms with Crippen molar-refractivity contribution in [3.63, 3.8) is 0 Å². The van der Waals surface area contributed by atoms with Gasteiger partial charge in [-0.25, -0.2) is 0 Å². The highest BCUT2D eigenvalue weighted by molar-refractivity contribution is 5.86. The van der Waals surface area contributed by atoms with Crippen molar-refractivity contribution >= 4 is 16.5 Å². The standard InChI is InChI=1S/C19H14F3N/c20-19(21,22)14-9-8-13-10-18(23-17(13)11-14)16-7-3-5-12-4-1-2-6-15(12)16/h1-9,11,18,23H,10H2. The van der Waals surface area contributed by atoms with E-state index < -0.39 is 11.7 Å². The molecule has 3 aromatic rings. The number of anilines is 1. The Hall–Kier alpha value is -2.49. The molecule has 0 saturated carbocycles. The Morgan fingerprint density at radius 3 is 2.52 bits per heavy atom. The van der Waals surface area contributed by atoms with E-state index >= 15 is 0 Å². The Kier molecular flexibility index (Phi) is 3.08. The van der Waals surface area contributed by atoms with Crippen molar-refractivity contribution in [3.8, 4) is 0 Å². The minimum atomic E-state index is -4.31. The lowest BCUT2D eigenvalue weighted by atomic mass is 9.96. The molecule has 0 aliphatic carbocycles. The second kappa shape index (κ2) is 5.01. The van der Waals surface area contributed by atoms with Crippen LogP contribution in [-0.2, 0) is 12.6 Å². The van der Waals surface area contributed by atoms with Crippen molar-refractivity contribution in [2.24, 2.45) is 0 Å². The summed E-state index contributed by atoms with van der Waals surface area (Å²) in [5.74, 6) is 0. The molecule has 0 aromatic heterocycles. The monoisotopic (exact) mass is 313 g/mol. The van der Waals surface area contributed by atoms with Crippen LogP contribution in [0.1, 0.15) is 22.7 Å². The molecule has 1 aliphatic rings. The molecule has 1 aliphatic heterocycles. The van der Waals surface area contributed by atoms with Crippen LogP contribution in [0.5, 0.6) is 0 Å². The fourth-order valence-corrected chi connectivity index (χ4v) is 3.27. The van der Waals surface area contributed by atoms with E-state index in [1.165, 1.54) is 6.07 Å². The predicted molar refractivity (Wildman–Crippen MR) is 85.5 cm³/mol. The van der Waals surface area contributed by atoms with E-state index in [4.69, 9.17) is 0 Å².